The number of benzene rings is 1. The highest BCUT2D eigenvalue weighted by atomic mass is 31.9. The first-order valence-electron chi connectivity index (χ1n) is 13.9. The fourth-order valence-electron chi connectivity index (χ4n) is 4.84. The Kier molecular flexibility index (Phi) is 8.30. The Hall–Kier alpha value is -0.800. The van der Waals surface area contributed by atoms with Gasteiger partial charge in [0, 0.05) is 28.5 Å². The van der Waals surface area contributed by atoms with E-state index in [0.717, 1.165) is 13.1 Å². The molecule has 0 aliphatic carbocycles. The van der Waals surface area contributed by atoms with E-state index in [0.29, 0.717) is 0 Å². The van der Waals surface area contributed by atoms with Gasteiger partial charge in [0.05, 0.1) is 11.4 Å². The average molecular weight is 559 g/mol. The number of fused-ring (bicyclic) bond motifs is 1. The van der Waals surface area contributed by atoms with Crippen molar-refractivity contribution in [2.45, 2.75) is 115 Å². The molecule has 206 valence electrons. The lowest BCUT2D eigenvalue weighted by atomic mass is 9.93. The Bertz CT molecular complexity index is 1110. The van der Waals surface area contributed by atoms with Crippen molar-refractivity contribution in [1.29, 1.82) is 0 Å². The molecule has 0 radical (unpaired) electrons. The SMILES string of the molecule is CC(C)(C)CN1C(=C(p2pc(C(C)(C)C)pc2C(C)(C)C)C(C)(C)C)N(CC(C)(C)C)c2ccccc21. The summed E-state index contributed by atoms with van der Waals surface area (Å²) in [6.07, 6.45) is 0. The Morgan fingerprint density at radius 2 is 1.11 bits per heavy atom. The van der Waals surface area contributed by atoms with Gasteiger partial charge in [-0.2, -0.15) is 0 Å². The summed E-state index contributed by atoms with van der Waals surface area (Å²) in [6, 6.07) is 9.14. The van der Waals surface area contributed by atoms with Crippen LogP contribution < -0.4 is 9.80 Å². The number of anilines is 2. The van der Waals surface area contributed by atoms with Crippen LogP contribution in [0.25, 0.3) is 5.31 Å². The number of nitrogens with zero attached hydrogens (tertiary/aromatic N) is 2. The molecule has 2 heterocycles. The van der Waals surface area contributed by atoms with Gasteiger partial charge in [-0.3, -0.25) is 0 Å². The lowest BCUT2D eigenvalue weighted by Gasteiger charge is -2.39. The summed E-state index contributed by atoms with van der Waals surface area (Å²) in [6.45, 7) is 38.3. The molecule has 0 saturated carbocycles. The number of rotatable bonds is 3. The van der Waals surface area contributed by atoms with Gasteiger partial charge in [0.2, 0.25) is 0 Å². The zero-order chi connectivity index (χ0) is 28.4. The van der Waals surface area contributed by atoms with Gasteiger partial charge < -0.3 is 9.80 Å². The summed E-state index contributed by atoms with van der Waals surface area (Å²) >= 11 is 0. The maximum absolute atomic E-state index is 2.70. The highest BCUT2D eigenvalue weighted by molar-refractivity contribution is 8.10. The summed E-state index contributed by atoms with van der Waals surface area (Å²) in [7, 11) is 2.59. The quantitative estimate of drug-likeness (QED) is 0.370. The van der Waals surface area contributed by atoms with Crippen molar-refractivity contribution >= 4 is 40.0 Å². The summed E-state index contributed by atoms with van der Waals surface area (Å²) in [5.41, 5.74) is 3.56. The molecule has 1 aliphatic heterocycles. The highest BCUT2D eigenvalue weighted by Crippen LogP contribution is 2.69. The molecule has 1 aliphatic rings. The van der Waals surface area contributed by atoms with Gasteiger partial charge >= 0.3 is 0 Å². The maximum Gasteiger partial charge on any atom is 0.122 e. The Morgan fingerprint density at radius 1 is 0.676 bits per heavy atom. The molecule has 1 aromatic heterocycles. The van der Waals surface area contributed by atoms with Crippen LogP contribution >= 0.6 is 23.3 Å². The van der Waals surface area contributed by atoms with Gasteiger partial charge in [0.1, 0.15) is 5.82 Å². The van der Waals surface area contributed by atoms with Crippen LogP contribution in [0.1, 0.15) is 114 Å². The lowest BCUT2D eigenvalue weighted by molar-refractivity contribution is 0.407. The minimum absolute atomic E-state index is 0.0572. The zero-order valence-corrected chi connectivity index (χ0v) is 29.1. The van der Waals surface area contributed by atoms with Crippen LogP contribution in [0.3, 0.4) is 0 Å². The Morgan fingerprint density at radius 3 is 1.43 bits per heavy atom. The first-order valence-corrected chi connectivity index (χ1v) is 17.7. The number of para-hydroxylation sites is 2. The molecule has 2 nitrogen and oxygen atoms in total. The molecular weight excluding hydrogens is 505 g/mol. The monoisotopic (exact) mass is 558 g/mol. The van der Waals surface area contributed by atoms with E-state index >= 15 is 0 Å². The minimum atomic E-state index is -0.466. The van der Waals surface area contributed by atoms with Crippen molar-refractivity contribution in [3.05, 3.63) is 40.1 Å². The number of hydrogen-bond acceptors (Lipinski definition) is 2. The van der Waals surface area contributed by atoms with Crippen molar-refractivity contribution < 1.29 is 0 Å². The Balaban J connectivity index is 2.51. The molecule has 0 amide bonds. The maximum atomic E-state index is 2.70. The van der Waals surface area contributed by atoms with Gasteiger partial charge in [0.15, 0.2) is 0 Å². The van der Waals surface area contributed by atoms with E-state index in [1.807, 2.05) is 0 Å². The fraction of sp³-hybridized carbons (Fsp3) is 0.688. The summed E-state index contributed by atoms with van der Waals surface area (Å²) < 4.78 is 0. The van der Waals surface area contributed by atoms with Gasteiger partial charge in [-0.15, -0.1) is 0 Å². The van der Waals surface area contributed by atoms with Crippen LogP contribution in [0.2, 0.25) is 0 Å². The number of allylic oxidation sites excluding steroid dienone is 1. The minimum Gasteiger partial charge on any atom is -0.325 e. The van der Waals surface area contributed by atoms with Crippen molar-refractivity contribution in [2.75, 3.05) is 22.9 Å². The van der Waals surface area contributed by atoms with E-state index in [9.17, 15) is 0 Å². The molecule has 1 aromatic carbocycles. The second-order valence-corrected chi connectivity index (χ2v) is 22.2. The smallest absolute Gasteiger partial charge is 0.122 e. The van der Waals surface area contributed by atoms with Crippen LogP contribution in [0.5, 0.6) is 0 Å². The van der Waals surface area contributed by atoms with Crippen LogP contribution in [0.4, 0.5) is 11.4 Å². The van der Waals surface area contributed by atoms with E-state index in [1.54, 1.807) is 23.2 Å². The number of hydrogen-bond donors (Lipinski definition) is 0. The third-order valence-electron chi connectivity index (χ3n) is 6.32. The standard InChI is InChI=1S/C32H53N2P3/c1-28(2,3)20-33-22-18-16-17-19-23(22)34(21-29(4,5)6)25(33)24(30(7,8)9)37-27(32(13,14)15)35-26(36-37)31(10,11)12/h16-19H,20-21H2,1-15H3. The molecule has 0 bridgehead atoms. The van der Waals surface area contributed by atoms with Crippen molar-refractivity contribution in [2.24, 2.45) is 16.2 Å². The van der Waals surface area contributed by atoms with E-state index in [1.165, 1.54) is 25.4 Å². The summed E-state index contributed by atoms with van der Waals surface area (Å²) in [5.74, 6) is 1.48. The summed E-state index contributed by atoms with van der Waals surface area (Å²) in [4.78, 5) is 5.40. The molecule has 3 rings (SSSR count). The third-order valence-corrected chi connectivity index (χ3v) is 16.4. The summed E-state index contributed by atoms with van der Waals surface area (Å²) in [5, 5.41) is 5.10. The second kappa shape index (κ2) is 9.99. The predicted octanol–water partition coefficient (Wildman–Crippen LogP) is 12.0. The fourth-order valence-corrected chi connectivity index (χ4v) is 16.1. The molecule has 1 unspecified atom stereocenters. The molecule has 0 spiro atoms. The largest absolute Gasteiger partial charge is 0.325 e. The van der Waals surface area contributed by atoms with Crippen molar-refractivity contribution in [3.8, 4) is 0 Å². The van der Waals surface area contributed by atoms with E-state index in [4.69, 9.17) is 0 Å². The van der Waals surface area contributed by atoms with Gasteiger partial charge in [-0.05, 0) is 47.1 Å². The molecular formula is C32H53N2P3. The molecule has 0 fully saturated rings. The first kappa shape index (κ1) is 30.7. The lowest BCUT2D eigenvalue weighted by Crippen LogP contribution is -2.39. The zero-order valence-electron chi connectivity index (χ0n) is 26.5. The molecule has 37 heavy (non-hydrogen) atoms. The van der Waals surface area contributed by atoms with Gasteiger partial charge in [-0.25, -0.2) is 0 Å². The third kappa shape index (κ3) is 7.05. The van der Waals surface area contributed by atoms with E-state index in [-0.39, 0.29) is 27.1 Å². The molecule has 0 N–H and O–H groups in total. The van der Waals surface area contributed by atoms with Gasteiger partial charge in [0.25, 0.3) is 0 Å². The van der Waals surface area contributed by atoms with Crippen molar-refractivity contribution in [3.63, 3.8) is 0 Å². The van der Waals surface area contributed by atoms with Crippen LogP contribution in [-0.2, 0) is 10.8 Å². The molecule has 0 saturated heterocycles. The average Bonchev–Trinajstić information content (AvgIpc) is 3.21. The van der Waals surface area contributed by atoms with E-state index < -0.39 is 7.21 Å². The van der Waals surface area contributed by atoms with Crippen molar-refractivity contribution in [1.82, 2.24) is 0 Å². The highest BCUT2D eigenvalue weighted by Gasteiger charge is 2.41. The van der Waals surface area contributed by atoms with Crippen LogP contribution in [-0.4, -0.2) is 13.1 Å². The first-order chi connectivity index (χ1) is 16.5. The Labute approximate surface area is 233 Å². The van der Waals surface area contributed by atoms with E-state index in [2.05, 4.69) is 138 Å². The second-order valence-electron chi connectivity index (χ2n) is 16.4. The van der Waals surface area contributed by atoms with Gasteiger partial charge in [-0.1, -0.05) is 131 Å². The molecule has 1 atom stereocenters. The van der Waals surface area contributed by atoms with Crippen LogP contribution in [0.15, 0.2) is 30.1 Å². The normalized spacial score (nSPS) is 16.4. The molecule has 5 heteroatoms. The van der Waals surface area contributed by atoms with Crippen LogP contribution in [0, 0.1) is 16.2 Å². The molecule has 2 aromatic rings. The topological polar surface area (TPSA) is 6.48 Å². The predicted molar refractivity (Wildman–Crippen MR) is 174 cm³/mol.